The number of aromatic nitrogens is 5. The Morgan fingerprint density at radius 1 is 0.681 bits per heavy atom. The predicted molar refractivity (Wildman–Crippen MR) is 314 cm³/mol. The Hall–Kier alpha value is -1.14. The van der Waals surface area contributed by atoms with Gasteiger partial charge in [-0.3, -0.25) is 19.9 Å². The van der Waals surface area contributed by atoms with E-state index in [1.54, 1.807) is 80.4 Å². The van der Waals surface area contributed by atoms with E-state index in [4.69, 9.17) is 161 Å². The first-order chi connectivity index (χ1) is 33.2. The number of hydrogen-bond donors (Lipinski definition) is 2. The van der Waals surface area contributed by atoms with Crippen LogP contribution in [0.5, 0.6) is 0 Å². The fourth-order valence-electron chi connectivity index (χ4n) is 4.40. The molecule has 0 aliphatic carbocycles. The SMILES string of the molecule is C=C.CC(Br)c1ccc(C(Cl)(Cl)Cl)nc1.CC(Cl)c1ccc(C(Cl)(Cl)Cl)nc1.CC(c1ccc(C(Cl)(Cl)Cl)nc1)S(C)(=O)=NC#N.CCc1ccc(C(=O)O)nc1.CCc1ccc(C(Cl)(Cl)Cl)nc1.[B]=NS. The van der Waals surface area contributed by atoms with Gasteiger partial charge in [-0.25, -0.2) is 14.0 Å². The number of hydrogen-bond acceptors (Lipinski definition) is 11. The molecule has 0 saturated heterocycles. The number of rotatable bonds is 7. The van der Waals surface area contributed by atoms with Gasteiger partial charge < -0.3 is 5.11 Å². The molecule has 11 nitrogen and oxygen atoms in total. The molecule has 72 heavy (non-hydrogen) atoms. The molecular formula is C44H46BBrCl13N8O3S2. The van der Waals surface area contributed by atoms with Crippen molar-refractivity contribution in [1.82, 2.24) is 24.9 Å². The molecule has 0 fully saturated rings. The van der Waals surface area contributed by atoms with Gasteiger partial charge in [0.1, 0.15) is 5.69 Å². The van der Waals surface area contributed by atoms with Crippen LogP contribution >= 0.6 is 180 Å². The topological polar surface area (TPSA) is 167 Å². The Morgan fingerprint density at radius 2 is 1.00 bits per heavy atom. The van der Waals surface area contributed by atoms with Crippen LogP contribution in [-0.4, -0.2) is 54.1 Å². The van der Waals surface area contributed by atoms with Crippen molar-refractivity contribution in [2.45, 2.75) is 78.1 Å². The number of halogens is 14. The molecule has 0 saturated carbocycles. The van der Waals surface area contributed by atoms with Gasteiger partial charge in [-0.2, -0.15) is 5.26 Å². The molecule has 4 unspecified atom stereocenters. The van der Waals surface area contributed by atoms with E-state index in [1.807, 2.05) is 39.8 Å². The number of aromatic carboxylic acids is 1. The van der Waals surface area contributed by atoms with Crippen molar-refractivity contribution in [2.24, 2.45) is 8.66 Å². The number of carbonyl (C=O) groups is 1. The average Bonchev–Trinajstić information content (AvgIpc) is 3.32. The van der Waals surface area contributed by atoms with E-state index in [0.29, 0.717) is 22.6 Å². The number of nitriles is 1. The number of carboxylic acids is 1. The third kappa shape index (κ3) is 30.0. The Kier molecular flexibility index (Phi) is 36.5. The minimum atomic E-state index is -2.64. The van der Waals surface area contributed by atoms with Crippen molar-refractivity contribution < 1.29 is 14.1 Å². The van der Waals surface area contributed by atoms with Gasteiger partial charge in [0.2, 0.25) is 21.4 Å². The average molecular weight is 1350 g/mol. The zero-order chi connectivity index (χ0) is 56.3. The van der Waals surface area contributed by atoms with E-state index >= 15 is 0 Å². The molecule has 5 aromatic heterocycles. The van der Waals surface area contributed by atoms with Crippen LogP contribution in [-0.2, 0) is 37.7 Å². The Bertz CT molecular complexity index is 2460. The number of nitrogens with zero attached hydrogens (tertiary/aromatic N) is 8. The van der Waals surface area contributed by atoms with Gasteiger partial charge in [0, 0.05) is 42.1 Å². The van der Waals surface area contributed by atoms with Crippen molar-refractivity contribution in [2.75, 3.05) is 6.26 Å². The summed E-state index contributed by atoms with van der Waals surface area (Å²) < 4.78 is 12.3. The summed E-state index contributed by atoms with van der Waals surface area (Å²) in [5.74, 6) is -0.979. The predicted octanol–water partition coefficient (Wildman–Crippen LogP) is 17.9. The van der Waals surface area contributed by atoms with E-state index in [-0.39, 0.29) is 21.6 Å². The zero-order valence-corrected chi connectivity index (χ0v) is 51.9. The van der Waals surface area contributed by atoms with Crippen molar-refractivity contribution in [3.8, 4) is 6.19 Å². The number of thiol groups is 1. The van der Waals surface area contributed by atoms with Crippen LogP contribution in [0.2, 0.25) is 0 Å². The third-order valence-corrected chi connectivity index (χ3v) is 13.6. The van der Waals surface area contributed by atoms with Gasteiger partial charge in [-0.15, -0.1) is 29.1 Å². The first kappa shape index (κ1) is 72.9. The quantitative estimate of drug-likeness (QED) is 0.0530. The summed E-state index contributed by atoms with van der Waals surface area (Å²) in [6, 6.07) is 17.2. The van der Waals surface area contributed by atoms with Gasteiger partial charge in [-0.1, -0.05) is 199 Å². The monoisotopic (exact) mass is 1340 g/mol. The molecule has 1 radical (unpaired) electrons. The van der Waals surface area contributed by atoms with Crippen molar-refractivity contribution in [1.29, 1.82) is 5.26 Å². The second-order valence-electron chi connectivity index (χ2n) is 13.6. The second-order valence-corrected chi connectivity index (χ2v) is 27.6. The first-order valence-corrected chi connectivity index (χ1v) is 28.2. The summed E-state index contributed by atoms with van der Waals surface area (Å²) in [6.45, 7) is 15.6. The van der Waals surface area contributed by atoms with Gasteiger partial charge in [0.05, 0.1) is 43.1 Å². The minimum absolute atomic E-state index is 0.0862. The maximum absolute atomic E-state index is 12.1. The Labute approximate surface area is 502 Å². The Balaban J connectivity index is 0. The second kappa shape index (κ2) is 36.1. The van der Waals surface area contributed by atoms with Gasteiger partial charge in [0.15, 0.2) is 0 Å². The van der Waals surface area contributed by atoms with Crippen LogP contribution in [0.25, 0.3) is 0 Å². The van der Waals surface area contributed by atoms with E-state index in [0.717, 1.165) is 35.1 Å². The molecular weight excluding hydrogens is 1300 g/mol. The molecule has 4 atom stereocenters. The van der Waals surface area contributed by atoms with Crippen molar-refractivity contribution >= 4 is 203 Å². The number of alkyl halides is 14. The van der Waals surface area contributed by atoms with Crippen LogP contribution in [0.3, 0.4) is 0 Å². The van der Waals surface area contributed by atoms with E-state index in [1.165, 1.54) is 18.5 Å². The van der Waals surface area contributed by atoms with E-state index in [2.05, 4.69) is 83.1 Å². The summed E-state index contributed by atoms with van der Waals surface area (Å²) in [5.41, 5.74) is 6.49. The molecule has 28 heteroatoms. The first-order valence-electron chi connectivity index (χ1n) is 19.9. The molecule has 0 aromatic carbocycles. The van der Waals surface area contributed by atoms with Crippen molar-refractivity contribution in [3.05, 3.63) is 161 Å². The standard InChI is InChI=1S/C10H10Cl3N3OS.C8H7BrCl3N.C8H7Cl4N.C8H8Cl3N.C8H9NO2.C2H4.BHNS/c1-7(18(2,17)16-6-14)8-3-4-9(15-5-8)10(11,12)13;2*1-5(9)6-2-3-7(13-4-6)8(10,11)12;1-2-6-3-4-7(12-5-6)8(9,10)11;1-2-6-3-4-7(8(10)11)9-5-6;1-2;1-2-3/h3-5,7H,1-2H3;2*2-5H,1H3;3-5H,2H2,1H3;3-5H,2H2,1H3,(H,10,11);1-2H2;3H. The van der Waals surface area contributed by atoms with Crippen molar-refractivity contribution in [3.63, 3.8) is 0 Å². The maximum atomic E-state index is 12.1. The van der Waals surface area contributed by atoms with E-state index in [9.17, 15) is 9.00 Å². The van der Waals surface area contributed by atoms with Crippen LogP contribution in [0.1, 0.15) is 111 Å². The molecule has 1 N–H and O–H groups in total. The van der Waals surface area contributed by atoms with E-state index < -0.39 is 36.1 Å². The molecule has 0 amide bonds. The summed E-state index contributed by atoms with van der Waals surface area (Å²) in [5, 5.41) is 16.4. The van der Waals surface area contributed by atoms with Gasteiger partial charge >= 0.3 is 30.7 Å². The van der Waals surface area contributed by atoms with Crippen LogP contribution in [0.4, 0.5) is 0 Å². The number of aryl methyl sites for hydroxylation is 2. The summed E-state index contributed by atoms with van der Waals surface area (Å²) in [6.07, 6.45) is 12.9. The normalized spacial score (nSPS) is 12.9. The third-order valence-electron chi connectivity index (χ3n) is 8.47. The molecule has 0 spiro atoms. The summed E-state index contributed by atoms with van der Waals surface area (Å²) in [7, 11) is 1.70. The summed E-state index contributed by atoms with van der Waals surface area (Å²) >= 11 is 80.2. The molecule has 5 heterocycles. The van der Waals surface area contributed by atoms with Crippen LogP contribution in [0, 0.1) is 11.5 Å². The Morgan fingerprint density at radius 3 is 1.24 bits per heavy atom. The fourth-order valence-corrected chi connectivity index (χ4v) is 7.11. The molecule has 393 valence electrons. The zero-order valence-electron chi connectivity index (χ0n) is 38.8. The molecule has 0 aliphatic rings. The van der Waals surface area contributed by atoms with Gasteiger partial charge in [0.25, 0.3) is 0 Å². The molecule has 0 bridgehead atoms. The number of carboxylic acid groups (broad SMARTS) is 1. The van der Waals surface area contributed by atoms with Crippen LogP contribution in [0.15, 0.2) is 113 Å². The molecule has 5 aromatic rings. The fraction of sp³-hybridized carbons (Fsp3) is 0.341. The summed E-state index contributed by atoms with van der Waals surface area (Å²) in [4.78, 5) is 30.4. The molecule has 5 rings (SSSR count). The van der Waals surface area contributed by atoms with Crippen LogP contribution < -0.4 is 0 Å². The molecule has 0 aliphatic heterocycles. The van der Waals surface area contributed by atoms with Gasteiger partial charge in [-0.05, 0) is 91.8 Å². The number of pyridine rings is 5.